The van der Waals surface area contributed by atoms with Gasteiger partial charge in [0.1, 0.15) is 17.7 Å². The van der Waals surface area contributed by atoms with Crippen LogP contribution in [0.4, 0.5) is 4.39 Å². The van der Waals surface area contributed by atoms with Crippen molar-refractivity contribution in [3.8, 4) is 5.75 Å². The molecule has 2 rings (SSSR count). The smallest absolute Gasteiger partial charge is 0.127 e. The van der Waals surface area contributed by atoms with Crippen LogP contribution in [0, 0.1) is 5.82 Å². The molecule has 0 radical (unpaired) electrons. The first kappa shape index (κ1) is 16.2. The Morgan fingerprint density at radius 2 is 2.00 bits per heavy atom. The van der Waals surface area contributed by atoms with E-state index in [2.05, 4.69) is 19.2 Å². The molecule has 1 fully saturated rings. The Kier molecular flexibility index (Phi) is 6.00. The Morgan fingerprint density at radius 1 is 1.24 bits per heavy atom. The fourth-order valence-electron chi connectivity index (χ4n) is 2.73. The lowest BCUT2D eigenvalue weighted by molar-refractivity contribution is 0.0208. The molecule has 0 aliphatic heterocycles. The van der Waals surface area contributed by atoms with Crippen molar-refractivity contribution in [2.24, 2.45) is 0 Å². The predicted molar refractivity (Wildman–Crippen MR) is 82.1 cm³/mol. The van der Waals surface area contributed by atoms with Crippen LogP contribution in [0.2, 0.25) is 0 Å². The maximum Gasteiger partial charge on any atom is 0.127 e. The van der Waals surface area contributed by atoms with Gasteiger partial charge in [0.2, 0.25) is 0 Å². The van der Waals surface area contributed by atoms with Gasteiger partial charge in [-0.1, -0.05) is 13.8 Å². The summed E-state index contributed by atoms with van der Waals surface area (Å²) in [5, 5.41) is 3.29. The molecule has 1 aliphatic carbocycles. The van der Waals surface area contributed by atoms with E-state index in [0.29, 0.717) is 18.3 Å². The second-order valence-corrected chi connectivity index (χ2v) is 6.09. The number of benzene rings is 1. The van der Waals surface area contributed by atoms with Gasteiger partial charge in [0.05, 0.1) is 6.10 Å². The largest absolute Gasteiger partial charge is 0.490 e. The zero-order valence-electron chi connectivity index (χ0n) is 13.2. The monoisotopic (exact) mass is 295 g/mol. The summed E-state index contributed by atoms with van der Waals surface area (Å²) in [6.45, 7) is 4.80. The van der Waals surface area contributed by atoms with Crippen LogP contribution in [0.15, 0.2) is 18.2 Å². The highest BCUT2D eigenvalue weighted by molar-refractivity contribution is 5.30. The SMILES string of the molecule is COC1CCCC(Oc2cc(F)cc(CNC(C)C)c2)C1. The van der Waals surface area contributed by atoms with Crippen LogP contribution in [0.1, 0.15) is 45.1 Å². The highest BCUT2D eigenvalue weighted by Gasteiger charge is 2.23. The van der Waals surface area contributed by atoms with Gasteiger partial charge in [-0.15, -0.1) is 0 Å². The molecule has 0 bridgehead atoms. The molecule has 118 valence electrons. The van der Waals surface area contributed by atoms with Crippen molar-refractivity contribution in [2.45, 2.75) is 64.3 Å². The van der Waals surface area contributed by atoms with Crippen LogP contribution in [-0.4, -0.2) is 25.4 Å². The van der Waals surface area contributed by atoms with Crippen molar-refractivity contribution >= 4 is 0 Å². The van der Waals surface area contributed by atoms with E-state index in [1.54, 1.807) is 13.2 Å². The Balaban J connectivity index is 1.98. The molecule has 0 aromatic heterocycles. The number of nitrogens with one attached hydrogen (secondary N) is 1. The minimum Gasteiger partial charge on any atom is -0.490 e. The average molecular weight is 295 g/mol. The molecular formula is C17H26FNO2. The molecule has 1 aliphatic rings. The van der Waals surface area contributed by atoms with Crippen LogP contribution in [0.25, 0.3) is 0 Å². The standard InChI is InChI=1S/C17H26FNO2/c1-12(2)19-11-13-7-14(18)9-17(8-13)21-16-6-4-5-15(10-16)20-3/h7-9,12,15-16,19H,4-6,10-11H2,1-3H3. The molecular weight excluding hydrogens is 269 g/mol. The lowest BCUT2D eigenvalue weighted by Gasteiger charge is -2.28. The van der Waals surface area contributed by atoms with E-state index in [-0.39, 0.29) is 18.0 Å². The van der Waals surface area contributed by atoms with E-state index in [9.17, 15) is 4.39 Å². The Bertz CT molecular complexity index is 450. The van der Waals surface area contributed by atoms with E-state index < -0.39 is 0 Å². The summed E-state index contributed by atoms with van der Waals surface area (Å²) in [5.74, 6) is 0.379. The van der Waals surface area contributed by atoms with E-state index in [1.165, 1.54) is 6.07 Å². The first-order valence-electron chi connectivity index (χ1n) is 7.79. The van der Waals surface area contributed by atoms with Gasteiger partial charge in [0, 0.05) is 32.2 Å². The number of hydrogen-bond donors (Lipinski definition) is 1. The molecule has 0 saturated heterocycles. The molecule has 4 heteroatoms. The van der Waals surface area contributed by atoms with Crippen molar-refractivity contribution in [3.63, 3.8) is 0 Å². The highest BCUT2D eigenvalue weighted by Crippen LogP contribution is 2.26. The third kappa shape index (κ3) is 5.29. The maximum absolute atomic E-state index is 13.7. The summed E-state index contributed by atoms with van der Waals surface area (Å²) < 4.78 is 25.1. The van der Waals surface area contributed by atoms with Gasteiger partial charge < -0.3 is 14.8 Å². The number of halogens is 1. The molecule has 1 N–H and O–H groups in total. The van der Waals surface area contributed by atoms with E-state index in [0.717, 1.165) is 31.2 Å². The molecule has 0 amide bonds. The number of ether oxygens (including phenoxy) is 2. The van der Waals surface area contributed by atoms with Gasteiger partial charge in [-0.25, -0.2) is 4.39 Å². The van der Waals surface area contributed by atoms with Crippen LogP contribution >= 0.6 is 0 Å². The minimum atomic E-state index is -0.243. The fourth-order valence-corrected chi connectivity index (χ4v) is 2.73. The molecule has 0 heterocycles. The fraction of sp³-hybridized carbons (Fsp3) is 0.647. The van der Waals surface area contributed by atoms with Gasteiger partial charge in [0.25, 0.3) is 0 Å². The molecule has 1 saturated carbocycles. The Labute approximate surface area is 126 Å². The van der Waals surface area contributed by atoms with Gasteiger partial charge in [0.15, 0.2) is 0 Å². The van der Waals surface area contributed by atoms with Crippen LogP contribution < -0.4 is 10.1 Å². The first-order chi connectivity index (χ1) is 10.1. The highest BCUT2D eigenvalue weighted by atomic mass is 19.1. The molecule has 0 spiro atoms. The molecule has 2 atom stereocenters. The van der Waals surface area contributed by atoms with Gasteiger partial charge in [-0.3, -0.25) is 0 Å². The molecule has 1 aromatic rings. The van der Waals surface area contributed by atoms with E-state index in [4.69, 9.17) is 9.47 Å². The maximum atomic E-state index is 13.7. The zero-order valence-corrected chi connectivity index (χ0v) is 13.2. The normalized spacial score (nSPS) is 22.5. The van der Waals surface area contributed by atoms with E-state index >= 15 is 0 Å². The van der Waals surface area contributed by atoms with Crippen molar-refractivity contribution in [1.82, 2.24) is 5.32 Å². The lowest BCUT2D eigenvalue weighted by Crippen LogP contribution is -2.29. The first-order valence-corrected chi connectivity index (χ1v) is 7.79. The summed E-state index contributed by atoms with van der Waals surface area (Å²) >= 11 is 0. The molecule has 21 heavy (non-hydrogen) atoms. The summed E-state index contributed by atoms with van der Waals surface area (Å²) in [4.78, 5) is 0. The Morgan fingerprint density at radius 3 is 2.71 bits per heavy atom. The number of hydrogen-bond acceptors (Lipinski definition) is 3. The van der Waals surface area contributed by atoms with Gasteiger partial charge >= 0.3 is 0 Å². The van der Waals surface area contributed by atoms with Gasteiger partial charge in [-0.2, -0.15) is 0 Å². The average Bonchev–Trinajstić information content (AvgIpc) is 2.45. The predicted octanol–water partition coefficient (Wildman–Crippen LogP) is 3.66. The summed E-state index contributed by atoms with van der Waals surface area (Å²) in [6, 6.07) is 5.32. The zero-order chi connectivity index (χ0) is 15.2. The second-order valence-electron chi connectivity index (χ2n) is 6.09. The van der Waals surface area contributed by atoms with Gasteiger partial charge in [-0.05, 0) is 37.0 Å². The molecule has 3 nitrogen and oxygen atoms in total. The van der Waals surface area contributed by atoms with E-state index in [1.807, 2.05) is 6.07 Å². The summed E-state index contributed by atoms with van der Waals surface area (Å²) in [5.41, 5.74) is 0.915. The quantitative estimate of drug-likeness (QED) is 0.869. The third-order valence-corrected chi connectivity index (χ3v) is 3.86. The third-order valence-electron chi connectivity index (χ3n) is 3.86. The number of methoxy groups -OCH3 is 1. The topological polar surface area (TPSA) is 30.5 Å². The van der Waals surface area contributed by atoms with Crippen LogP contribution in [-0.2, 0) is 11.3 Å². The van der Waals surface area contributed by atoms with Crippen molar-refractivity contribution < 1.29 is 13.9 Å². The lowest BCUT2D eigenvalue weighted by atomic mass is 9.95. The molecule has 2 unspecified atom stereocenters. The number of rotatable bonds is 6. The van der Waals surface area contributed by atoms with Crippen LogP contribution in [0.5, 0.6) is 5.75 Å². The summed E-state index contributed by atoms with van der Waals surface area (Å²) in [6.07, 6.45) is 4.46. The van der Waals surface area contributed by atoms with Crippen molar-refractivity contribution in [3.05, 3.63) is 29.6 Å². The summed E-state index contributed by atoms with van der Waals surface area (Å²) in [7, 11) is 1.74. The molecule has 1 aromatic carbocycles. The van der Waals surface area contributed by atoms with Crippen molar-refractivity contribution in [2.75, 3.05) is 7.11 Å². The van der Waals surface area contributed by atoms with Crippen LogP contribution in [0.3, 0.4) is 0 Å². The van der Waals surface area contributed by atoms with Crippen molar-refractivity contribution in [1.29, 1.82) is 0 Å². The second kappa shape index (κ2) is 7.76. The Hall–Kier alpha value is -1.13. The minimum absolute atomic E-state index is 0.122.